The zero-order chi connectivity index (χ0) is 20.8. The fourth-order valence-corrected chi connectivity index (χ4v) is 4.23. The van der Waals surface area contributed by atoms with Crippen LogP contribution in [0.25, 0.3) is 0 Å². The van der Waals surface area contributed by atoms with Crippen LogP contribution in [0.1, 0.15) is 54.1 Å². The predicted molar refractivity (Wildman–Crippen MR) is 122 cm³/mol. The maximum atomic E-state index is 4.34. The summed E-state index contributed by atoms with van der Waals surface area (Å²) in [7, 11) is 2.22. The number of benzene rings is 1. The highest BCUT2D eigenvalue weighted by Gasteiger charge is 2.17. The number of piperazine rings is 1. The lowest BCUT2D eigenvalue weighted by atomic mass is 9.96. The first-order valence-corrected chi connectivity index (χ1v) is 11.1. The Hall–Kier alpha value is -1.75. The molecule has 0 amide bonds. The van der Waals surface area contributed by atoms with Crippen molar-refractivity contribution in [2.24, 2.45) is 5.92 Å². The number of likely N-dealkylation sites (N-methyl/N-ethyl adjacent to an activating group) is 1. The van der Waals surface area contributed by atoms with Crippen LogP contribution < -0.4 is 5.32 Å². The molecule has 4 nitrogen and oxygen atoms in total. The van der Waals surface area contributed by atoms with E-state index in [1.807, 2.05) is 18.5 Å². The maximum absolute atomic E-state index is 4.34. The van der Waals surface area contributed by atoms with E-state index in [2.05, 4.69) is 73.0 Å². The SMILES string of the molecule is Cc1cc(CNC(CC(C)C)c2cccnc2)c(C)c(CN2CCN(C)CC2)c1. The summed E-state index contributed by atoms with van der Waals surface area (Å²) in [4.78, 5) is 9.35. The minimum atomic E-state index is 0.338. The van der Waals surface area contributed by atoms with E-state index in [1.54, 1.807) is 0 Å². The molecule has 1 unspecified atom stereocenters. The van der Waals surface area contributed by atoms with E-state index < -0.39 is 0 Å². The zero-order valence-corrected chi connectivity index (χ0v) is 18.9. The summed E-state index contributed by atoms with van der Waals surface area (Å²) in [5.41, 5.74) is 6.99. The van der Waals surface area contributed by atoms with Gasteiger partial charge in [-0.25, -0.2) is 0 Å². The number of hydrogen-bond donors (Lipinski definition) is 1. The van der Waals surface area contributed by atoms with Crippen LogP contribution in [0.15, 0.2) is 36.7 Å². The number of nitrogens with zero attached hydrogens (tertiary/aromatic N) is 3. The van der Waals surface area contributed by atoms with E-state index in [0.717, 1.165) is 32.6 Å². The Morgan fingerprint density at radius 1 is 1.07 bits per heavy atom. The second kappa shape index (κ2) is 10.3. The van der Waals surface area contributed by atoms with Gasteiger partial charge in [0.15, 0.2) is 0 Å². The Morgan fingerprint density at radius 3 is 2.45 bits per heavy atom. The number of aryl methyl sites for hydroxylation is 1. The molecule has 0 spiro atoms. The molecule has 2 aromatic rings. The molecule has 1 aliphatic heterocycles. The van der Waals surface area contributed by atoms with E-state index in [9.17, 15) is 0 Å². The Balaban J connectivity index is 1.71. The molecule has 2 heterocycles. The summed E-state index contributed by atoms with van der Waals surface area (Å²) in [6.07, 6.45) is 4.97. The topological polar surface area (TPSA) is 31.4 Å². The minimum absolute atomic E-state index is 0.338. The molecule has 4 heteroatoms. The molecule has 1 atom stereocenters. The van der Waals surface area contributed by atoms with Crippen LogP contribution in [0.3, 0.4) is 0 Å². The summed E-state index contributed by atoms with van der Waals surface area (Å²) < 4.78 is 0. The van der Waals surface area contributed by atoms with Gasteiger partial charge in [-0.15, -0.1) is 0 Å². The van der Waals surface area contributed by atoms with E-state index in [4.69, 9.17) is 0 Å². The number of nitrogens with one attached hydrogen (secondary N) is 1. The highest BCUT2D eigenvalue weighted by molar-refractivity contribution is 5.38. The first-order valence-electron chi connectivity index (χ1n) is 11.1. The fraction of sp³-hybridized carbons (Fsp3) is 0.560. The second-order valence-electron chi connectivity index (χ2n) is 9.14. The molecular weight excluding hydrogens is 356 g/mol. The maximum Gasteiger partial charge on any atom is 0.0340 e. The lowest BCUT2D eigenvalue weighted by molar-refractivity contribution is 0.148. The van der Waals surface area contributed by atoms with E-state index >= 15 is 0 Å². The highest BCUT2D eigenvalue weighted by atomic mass is 15.2. The normalized spacial score (nSPS) is 17.0. The van der Waals surface area contributed by atoms with Gasteiger partial charge in [0, 0.05) is 57.7 Å². The van der Waals surface area contributed by atoms with Gasteiger partial charge in [-0.2, -0.15) is 0 Å². The lowest BCUT2D eigenvalue weighted by Gasteiger charge is -2.33. The monoisotopic (exact) mass is 394 g/mol. The van der Waals surface area contributed by atoms with Crippen molar-refractivity contribution in [3.63, 3.8) is 0 Å². The molecule has 29 heavy (non-hydrogen) atoms. The molecule has 1 aromatic carbocycles. The largest absolute Gasteiger partial charge is 0.306 e. The Labute approximate surface area is 177 Å². The first kappa shape index (κ1) is 21.9. The van der Waals surface area contributed by atoms with Crippen LogP contribution in [-0.4, -0.2) is 48.0 Å². The Morgan fingerprint density at radius 2 is 1.79 bits per heavy atom. The third kappa shape index (κ3) is 6.36. The quantitative estimate of drug-likeness (QED) is 0.722. The van der Waals surface area contributed by atoms with Crippen molar-refractivity contribution in [1.82, 2.24) is 20.1 Å². The van der Waals surface area contributed by atoms with E-state index in [0.29, 0.717) is 12.0 Å². The van der Waals surface area contributed by atoms with Gasteiger partial charge in [-0.1, -0.05) is 37.6 Å². The second-order valence-corrected chi connectivity index (χ2v) is 9.14. The molecule has 0 radical (unpaired) electrons. The van der Waals surface area contributed by atoms with Gasteiger partial charge in [0.05, 0.1) is 0 Å². The molecule has 1 aliphatic rings. The van der Waals surface area contributed by atoms with Gasteiger partial charge in [-0.3, -0.25) is 9.88 Å². The van der Waals surface area contributed by atoms with Crippen LogP contribution in [-0.2, 0) is 13.1 Å². The van der Waals surface area contributed by atoms with Gasteiger partial charge in [-0.05, 0) is 61.6 Å². The molecular formula is C25H38N4. The summed E-state index contributed by atoms with van der Waals surface area (Å²) in [6, 6.07) is 9.30. The number of rotatable bonds is 8. The van der Waals surface area contributed by atoms with Crippen molar-refractivity contribution in [3.8, 4) is 0 Å². The van der Waals surface area contributed by atoms with Gasteiger partial charge in [0.25, 0.3) is 0 Å². The average Bonchev–Trinajstić information content (AvgIpc) is 2.70. The zero-order valence-electron chi connectivity index (χ0n) is 18.9. The molecule has 1 aromatic heterocycles. The number of pyridine rings is 1. The van der Waals surface area contributed by atoms with E-state index in [1.165, 1.54) is 40.9 Å². The smallest absolute Gasteiger partial charge is 0.0340 e. The van der Waals surface area contributed by atoms with Crippen molar-refractivity contribution < 1.29 is 0 Å². The fourth-order valence-electron chi connectivity index (χ4n) is 4.23. The molecule has 1 N–H and O–H groups in total. The van der Waals surface area contributed by atoms with Gasteiger partial charge in [0.2, 0.25) is 0 Å². The molecule has 0 saturated carbocycles. The Bertz CT molecular complexity index is 764. The van der Waals surface area contributed by atoms with Crippen molar-refractivity contribution in [1.29, 1.82) is 0 Å². The number of aromatic nitrogens is 1. The van der Waals surface area contributed by atoms with Crippen molar-refractivity contribution in [2.45, 2.75) is 53.2 Å². The Kier molecular flexibility index (Phi) is 7.82. The average molecular weight is 395 g/mol. The van der Waals surface area contributed by atoms with Gasteiger partial charge in [0.1, 0.15) is 0 Å². The number of hydrogen-bond acceptors (Lipinski definition) is 4. The van der Waals surface area contributed by atoms with E-state index in [-0.39, 0.29) is 0 Å². The van der Waals surface area contributed by atoms with Gasteiger partial charge < -0.3 is 10.2 Å². The predicted octanol–water partition coefficient (Wildman–Crippen LogP) is 4.32. The molecule has 0 bridgehead atoms. The summed E-state index contributed by atoms with van der Waals surface area (Å²) in [5, 5.41) is 3.83. The third-order valence-corrected chi connectivity index (χ3v) is 6.09. The van der Waals surface area contributed by atoms with Crippen LogP contribution in [0.4, 0.5) is 0 Å². The first-order chi connectivity index (χ1) is 13.9. The van der Waals surface area contributed by atoms with Crippen LogP contribution >= 0.6 is 0 Å². The summed E-state index contributed by atoms with van der Waals surface area (Å²) in [5.74, 6) is 0.638. The summed E-state index contributed by atoms with van der Waals surface area (Å²) >= 11 is 0. The molecule has 0 aliphatic carbocycles. The van der Waals surface area contributed by atoms with Crippen molar-refractivity contribution in [2.75, 3.05) is 33.2 Å². The standard InChI is InChI=1S/C25H38N4/c1-19(2)13-25(22-7-6-8-26-16-22)27-17-23-14-20(3)15-24(21(23)4)18-29-11-9-28(5)10-12-29/h6-8,14-16,19,25,27H,9-13,17-18H2,1-5H3. The molecule has 1 fully saturated rings. The lowest BCUT2D eigenvalue weighted by Crippen LogP contribution is -2.44. The minimum Gasteiger partial charge on any atom is -0.306 e. The van der Waals surface area contributed by atoms with Crippen LogP contribution in [0.2, 0.25) is 0 Å². The summed E-state index contributed by atoms with van der Waals surface area (Å²) in [6.45, 7) is 15.7. The van der Waals surface area contributed by atoms with Crippen LogP contribution in [0, 0.1) is 19.8 Å². The molecule has 158 valence electrons. The van der Waals surface area contributed by atoms with Gasteiger partial charge >= 0.3 is 0 Å². The molecule has 3 rings (SSSR count). The van der Waals surface area contributed by atoms with Crippen molar-refractivity contribution >= 4 is 0 Å². The third-order valence-electron chi connectivity index (χ3n) is 6.09. The molecule has 1 saturated heterocycles. The van der Waals surface area contributed by atoms with Crippen LogP contribution in [0.5, 0.6) is 0 Å². The highest BCUT2D eigenvalue weighted by Crippen LogP contribution is 2.24. The van der Waals surface area contributed by atoms with Crippen molar-refractivity contribution in [3.05, 3.63) is 64.5 Å².